The molecule has 11 nitrogen and oxygen atoms in total. The van der Waals surface area contributed by atoms with Crippen LogP contribution in [-0.2, 0) is 9.53 Å². The maximum atomic E-state index is 12.3. The van der Waals surface area contributed by atoms with Gasteiger partial charge >= 0.3 is 5.69 Å². The van der Waals surface area contributed by atoms with Crippen molar-refractivity contribution in [2.24, 2.45) is 11.5 Å². The molecule has 0 bridgehead atoms. The van der Waals surface area contributed by atoms with Crippen LogP contribution in [-0.4, -0.2) is 63.1 Å². The van der Waals surface area contributed by atoms with Crippen molar-refractivity contribution in [3.63, 3.8) is 0 Å². The normalized spacial score (nSPS) is 26.6. The molecule has 1 aromatic heterocycles. The molecule has 0 saturated carbocycles. The molecule has 0 spiro atoms. The van der Waals surface area contributed by atoms with Crippen LogP contribution in [0.25, 0.3) is 0 Å². The minimum absolute atomic E-state index is 0.416. The van der Waals surface area contributed by atoms with Crippen molar-refractivity contribution < 1.29 is 19.7 Å². The number of aromatic nitrogens is 2. The van der Waals surface area contributed by atoms with Crippen LogP contribution in [0, 0.1) is 0 Å². The molecule has 5 atom stereocenters. The number of amides is 1. The number of rotatable bonds is 8. The first kappa shape index (κ1) is 20.3. The zero-order chi connectivity index (χ0) is 19.3. The topological polar surface area (TPSA) is 186 Å². The number of carbonyl (C=O) groups excluding carboxylic acids is 1. The van der Waals surface area contributed by atoms with Crippen LogP contribution in [0.1, 0.15) is 25.5 Å². The van der Waals surface area contributed by atoms with Crippen LogP contribution in [0.15, 0.2) is 21.9 Å². The number of nitrogens with two attached hydrogens (primary N) is 2. The molecular formula is C15H25N5O6. The van der Waals surface area contributed by atoms with Gasteiger partial charge in [0.25, 0.3) is 5.56 Å². The molecule has 11 heteroatoms. The van der Waals surface area contributed by atoms with E-state index in [-0.39, 0.29) is 0 Å². The van der Waals surface area contributed by atoms with Crippen molar-refractivity contribution in [1.29, 1.82) is 0 Å². The zero-order valence-corrected chi connectivity index (χ0v) is 14.2. The first-order valence-electron chi connectivity index (χ1n) is 8.41. The zero-order valence-electron chi connectivity index (χ0n) is 14.2. The summed E-state index contributed by atoms with van der Waals surface area (Å²) in [6.45, 7) is -0.0103. The summed E-state index contributed by atoms with van der Waals surface area (Å²) < 4.78 is 6.52. The molecule has 146 valence electrons. The van der Waals surface area contributed by atoms with Gasteiger partial charge in [-0.25, -0.2) is 4.79 Å². The van der Waals surface area contributed by atoms with Gasteiger partial charge in [0.1, 0.15) is 18.2 Å². The van der Waals surface area contributed by atoms with E-state index in [0.717, 1.165) is 17.1 Å². The minimum Gasteiger partial charge on any atom is -0.394 e. The quantitative estimate of drug-likeness (QED) is 0.257. The highest BCUT2D eigenvalue weighted by atomic mass is 16.5. The average molecular weight is 371 g/mol. The van der Waals surface area contributed by atoms with E-state index in [1.807, 2.05) is 0 Å². The molecule has 0 aromatic carbocycles. The number of nitrogens with one attached hydrogen (secondary N) is 2. The fourth-order valence-corrected chi connectivity index (χ4v) is 2.83. The first-order chi connectivity index (χ1) is 12.4. The van der Waals surface area contributed by atoms with E-state index in [2.05, 4.69) is 10.3 Å². The molecule has 0 radical (unpaired) electrons. The van der Waals surface area contributed by atoms with Gasteiger partial charge < -0.3 is 31.7 Å². The molecule has 2 heterocycles. The number of carbonyl (C=O) groups is 1. The molecule has 2 rings (SSSR count). The number of ether oxygens (including phenoxy) is 1. The summed E-state index contributed by atoms with van der Waals surface area (Å²) in [6, 6.07) is -0.723. The smallest absolute Gasteiger partial charge is 0.330 e. The number of unbranched alkanes of at least 4 members (excludes halogenated alkanes) is 1. The second kappa shape index (κ2) is 9.05. The van der Waals surface area contributed by atoms with Crippen LogP contribution in [0.5, 0.6) is 0 Å². The Balaban J connectivity index is 2.17. The highest BCUT2D eigenvalue weighted by molar-refractivity contribution is 5.81. The van der Waals surface area contributed by atoms with E-state index >= 15 is 0 Å². The third-order valence-electron chi connectivity index (χ3n) is 4.29. The third-order valence-corrected chi connectivity index (χ3v) is 4.29. The number of hydrogen-bond donors (Lipinski definition) is 6. The van der Waals surface area contributed by atoms with E-state index in [1.54, 1.807) is 0 Å². The Morgan fingerprint density at radius 3 is 2.77 bits per heavy atom. The van der Waals surface area contributed by atoms with Crippen molar-refractivity contribution >= 4 is 5.91 Å². The van der Waals surface area contributed by atoms with Crippen LogP contribution in [0.4, 0.5) is 0 Å². The molecule has 1 aliphatic heterocycles. The van der Waals surface area contributed by atoms with Gasteiger partial charge in [0.15, 0.2) is 6.23 Å². The molecule has 1 aromatic rings. The fraction of sp³-hybridized carbons (Fsp3) is 0.667. The summed E-state index contributed by atoms with van der Waals surface area (Å²) in [5.74, 6) is -0.518. The van der Waals surface area contributed by atoms with Gasteiger partial charge in [-0.1, -0.05) is 6.42 Å². The predicted octanol–water partition coefficient (Wildman–Crippen LogP) is -3.27. The molecule has 1 fully saturated rings. The Labute approximate surface area is 149 Å². The van der Waals surface area contributed by atoms with Crippen molar-refractivity contribution in [2.75, 3.05) is 13.2 Å². The van der Waals surface area contributed by atoms with E-state index < -0.39 is 54.3 Å². The van der Waals surface area contributed by atoms with Gasteiger partial charge in [0.2, 0.25) is 5.91 Å². The largest absolute Gasteiger partial charge is 0.394 e. The summed E-state index contributed by atoms with van der Waals surface area (Å²) in [6.07, 6.45) is -0.346. The lowest BCUT2D eigenvalue weighted by Gasteiger charge is -2.24. The van der Waals surface area contributed by atoms with Gasteiger partial charge in [0.05, 0.1) is 12.6 Å². The van der Waals surface area contributed by atoms with E-state index in [0.29, 0.717) is 19.4 Å². The van der Waals surface area contributed by atoms with Crippen LogP contribution < -0.4 is 28.0 Å². The molecule has 1 aliphatic rings. The lowest BCUT2D eigenvalue weighted by atomic mass is 10.1. The van der Waals surface area contributed by atoms with Crippen molar-refractivity contribution in [3.05, 3.63) is 33.1 Å². The number of aliphatic hydroxyl groups excluding tert-OH is 2. The monoisotopic (exact) mass is 371 g/mol. The average Bonchev–Trinajstić information content (AvgIpc) is 2.91. The minimum atomic E-state index is -1.26. The van der Waals surface area contributed by atoms with Gasteiger partial charge in [-0.05, 0) is 19.4 Å². The Morgan fingerprint density at radius 2 is 2.15 bits per heavy atom. The Morgan fingerprint density at radius 1 is 1.42 bits per heavy atom. The summed E-state index contributed by atoms with van der Waals surface area (Å²) in [5.41, 5.74) is 9.89. The summed E-state index contributed by atoms with van der Waals surface area (Å²) >= 11 is 0. The molecular weight excluding hydrogens is 346 g/mol. The number of hydrogen-bond acceptors (Lipinski definition) is 8. The van der Waals surface area contributed by atoms with E-state index in [9.17, 15) is 24.6 Å². The second-order valence-electron chi connectivity index (χ2n) is 6.18. The summed E-state index contributed by atoms with van der Waals surface area (Å²) in [4.78, 5) is 37.6. The Bertz CT molecular complexity index is 719. The number of H-pyrrole nitrogens is 1. The van der Waals surface area contributed by atoms with Crippen LogP contribution >= 0.6 is 0 Å². The van der Waals surface area contributed by atoms with Crippen LogP contribution in [0.3, 0.4) is 0 Å². The Hall–Kier alpha value is -2.05. The third kappa shape index (κ3) is 4.56. The van der Waals surface area contributed by atoms with Crippen LogP contribution in [0.2, 0.25) is 0 Å². The van der Waals surface area contributed by atoms with E-state index in [4.69, 9.17) is 16.2 Å². The van der Waals surface area contributed by atoms with Crippen molar-refractivity contribution in [2.45, 2.75) is 49.8 Å². The van der Waals surface area contributed by atoms with Crippen molar-refractivity contribution in [1.82, 2.24) is 14.9 Å². The summed E-state index contributed by atoms with van der Waals surface area (Å²) in [7, 11) is 0. The van der Waals surface area contributed by atoms with Gasteiger partial charge in [-0.2, -0.15) is 0 Å². The van der Waals surface area contributed by atoms with Gasteiger partial charge in [-0.15, -0.1) is 0 Å². The molecule has 8 N–H and O–H groups in total. The van der Waals surface area contributed by atoms with Gasteiger partial charge in [0, 0.05) is 12.3 Å². The number of aromatic amines is 1. The lowest BCUT2D eigenvalue weighted by molar-refractivity contribution is -0.124. The molecule has 2 unspecified atom stereocenters. The standard InChI is InChI=1S/C15H25N5O6/c16-5-2-1-3-8(17)13(24)19-11-12(23)9(7-21)26-14(11)20-6-4-10(22)18-15(20)25/h4,6,8-9,11-12,14,21,23H,1-3,5,7,16-17H2,(H,19,24)(H,18,22,25)/t8?,9-,11?,12+,14-/m1/s1. The Kier molecular flexibility index (Phi) is 7.06. The molecule has 1 amide bonds. The summed E-state index contributed by atoms with van der Waals surface area (Å²) in [5, 5.41) is 22.2. The highest BCUT2D eigenvalue weighted by Crippen LogP contribution is 2.28. The maximum absolute atomic E-state index is 12.3. The molecule has 26 heavy (non-hydrogen) atoms. The van der Waals surface area contributed by atoms with E-state index in [1.165, 1.54) is 6.20 Å². The molecule has 1 saturated heterocycles. The number of nitrogens with zero attached hydrogens (tertiary/aromatic N) is 1. The highest BCUT2D eigenvalue weighted by Gasteiger charge is 2.45. The second-order valence-corrected chi connectivity index (χ2v) is 6.18. The first-order valence-corrected chi connectivity index (χ1v) is 8.41. The van der Waals surface area contributed by atoms with Crippen molar-refractivity contribution in [3.8, 4) is 0 Å². The fourth-order valence-electron chi connectivity index (χ4n) is 2.83. The molecule has 0 aliphatic carbocycles. The lowest BCUT2D eigenvalue weighted by Crippen LogP contribution is -2.52. The SMILES string of the molecule is NCCCCC(N)C(=O)NC1[C@@H](O)[C@@H](CO)O[C@H]1n1ccc(=O)[nH]c1=O. The predicted molar refractivity (Wildman–Crippen MR) is 91.1 cm³/mol. The number of aliphatic hydroxyl groups is 2. The maximum Gasteiger partial charge on any atom is 0.330 e. The van der Waals surface area contributed by atoms with Gasteiger partial charge in [-0.3, -0.25) is 19.1 Å².